The highest BCUT2D eigenvalue weighted by Gasteiger charge is 2.25. The summed E-state index contributed by atoms with van der Waals surface area (Å²) in [4.78, 5) is 25.8. The van der Waals surface area contributed by atoms with E-state index in [9.17, 15) is 19.8 Å². The molecule has 2 aromatic carbocycles. The summed E-state index contributed by atoms with van der Waals surface area (Å²) >= 11 is 0. The number of aryl methyl sites for hydroxylation is 1. The molecule has 0 spiro atoms. The summed E-state index contributed by atoms with van der Waals surface area (Å²) in [6.45, 7) is 8.84. The van der Waals surface area contributed by atoms with E-state index in [0.717, 1.165) is 32.2 Å². The molecule has 0 aliphatic carbocycles. The Labute approximate surface area is 213 Å². The van der Waals surface area contributed by atoms with E-state index in [1.165, 1.54) is 17.2 Å². The zero-order valence-electron chi connectivity index (χ0n) is 22.1. The van der Waals surface area contributed by atoms with Gasteiger partial charge in [-0.05, 0) is 73.9 Å². The topological polar surface area (TPSA) is 99.8 Å². The van der Waals surface area contributed by atoms with Gasteiger partial charge in [-0.2, -0.15) is 0 Å². The SMILES string of the molecule is CCCC(CCC(C)C(C)C(=O)Cc1c(C)c2ccc(O)c(O)c2oc1=O)c1cccc(CNC)c1. The third-order valence-corrected chi connectivity index (χ3v) is 7.53. The van der Waals surface area contributed by atoms with Crippen LogP contribution < -0.4 is 10.9 Å². The van der Waals surface area contributed by atoms with E-state index < -0.39 is 11.4 Å². The standard InChI is InChI=1S/C30H39NO5/c1-6-8-22(23-10-7-9-21(15-23)17-31-5)12-11-18(2)19(3)27(33)16-25-20(4)24-13-14-26(32)28(34)29(24)36-30(25)35/h7,9-10,13-15,18-19,22,31-32,34H,6,8,11-12,16-17H2,1-5H3. The molecular weight excluding hydrogens is 454 g/mol. The van der Waals surface area contributed by atoms with E-state index in [-0.39, 0.29) is 35.4 Å². The monoisotopic (exact) mass is 493 g/mol. The Kier molecular flexibility index (Phi) is 9.32. The Bertz CT molecular complexity index is 1260. The second-order valence-corrected chi connectivity index (χ2v) is 10.1. The number of carbonyl (C=O) groups is 1. The van der Waals surface area contributed by atoms with Crippen molar-refractivity contribution in [2.24, 2.45) is 11.8 Å². The van der Waals surface area contributed by atoms with Gasteiger partial charge in [-0.1, -0.05) is 51.5 Å². The number of fused-ring (bicyclic) bond motifs is 1. The molecule has 0 radical (unpaired) electrons. The van der Waals surface area contributed by atoms with Gasteiger partial charge in [0, 0.05) is 29.8 Å². The van der Waals surface area contributed by atoms with Crippen LogP contribution in [0.3, 0.4) is 0 Å². The maximum Gasteiger partial charge on any atom is 0.340 e. The van der Waals surface area contributed by atoms with E-state index in [1.54, 1.807) is 13.0 Å². The Balaban J connectivity index is 1.71. The Hall–Kier alpha value is -3.12. The fourth-order valence-electron chi connectivity index (χ4n) is 4.99. The predicted molar refractivity (Wildman–Crippen MR) is 144 cm³/mol. The van der Waals surface area contributed by atoms with Gasteiger partial charge in [-0.15, -0.1) is 0 Å². The van der Waals surface area contributed by atoms with Gasteiger partial charge in [0.05, 0.1) is 0 Å². The van der Waals surface area contributed by atoms with Crippen molar-refractivity contribution in [3.63, 3.8) is 0 Å². The van der Waals surface area contributed by atoms with E-state index in [2.05, 4.69) is 43.4 Å². The molecule has 3 rings (SSSR count). The van der Waals surface area contributed by atoms with Gasteiger partial charge in [0.2, 0.25) is 5.75 Å². The van der Waals surface area contributed by atoms with Crippen LogP contribution in [0.25, 0.3) is 11.0 Å². The van der Waals surface area contributed by atoms with Gasteiger partial charge >= 0.3 is 5.63 Å². The average Bonchev–Trinajstić information content (AvgIpc) is 2.86. The van der Waals surface area contributed by atoms with E-state index in [0.29, 0.717) is 22.4 Å². The second-order valence-electron chi connectivity index (χ2n) is 10.1. The normalized spacial score (nSPS) is 14.0. The van der Waals surface area contributed by atoms with Crippen molar-refractivity contribution in [2.45, 2.75) is 72.3 Å². The molecule has 0 aliphatic heterocycles. The maximum atomic E-state index is 13.2. The largest absolute Gasteiger partial charge is 0.504 e. The summed E-state index contributed by atoms with van der Waals surface area (Å²) in [5, 5.41) is 23.5. The minimum atomic E-state index is -0.654. The Morgan fingerprint density at radius 1 is 1.08 bits per heavy atom. The van der Waals surface area contributed by atoms with Crippen LogP contribution in [0.2, 0.25) is 0 Å². The summed E-state index contributed by atoms with van der Waals surface area (Å²) in [6.07, 6.45) is 4.13. The molecule has 0 saturated carbocycles. The first-order valence-corrected chi connectivity index (χ1v) is 12.9. The molecule has 0 amide bonds. The van der Waals surface area contributed by atoms with Gasteiger partial charge in [0.1, 0.15) is 5.78 Å². The smallest absolute Gasteiger partial charge is 0.340 e. The summed E-state index contributed by atoms with van der Waals surface area (Å²) in [7, 11) is 1.95. The average molecular weight is 494 g/mol. The number of aromatic hydroxyl groups is 2. The van der Waals surface area contributed by atoms with Crippen molar-refractivity contribution in [3.05, 3.63) is 69.1 Å². The molecule has 0 saturated heterocycles. The zero-order chi connectivity index (χ0) is 26.4. The number of phenols is 2. The number of benzene rings is 2. The lowest BCUT2D eigenvalue weighted by molar-refractivity contribution is -0.123. The molecule has 1 heterocycles. The molecule has 1 aromatic heterocycles. The van der Waals surface area contributed by atoms with Gasteiger partial charge in [0.25, 0.3) is 0 Å². The van der Waals surface area contributed by atoms with Crippen LogP contribution in [0.1, 0.15) is 74.6 Å². The molecule has 36 heavy (non-hydrogen) atoms. The first kappa shape index (κ1) is 27.5. The number of hydrogen-bond acceptors (Lipinski definition) is 6. The number of carbonyl (C=O) groups excluding carboxylic acids is 1. The summed E-state index contributed by atoms with van der Waals surface area (Å²) < 4.78 is 5.29. The highest BCUT2D eigenvalue weighted by Crippen LogP contribution is 2.35. The van der Waals surface area contributed by atoms with E-state index >= 15 is 0 Å². The van der Waals surface area contributed by atoms with Crippen LogP contribution in [0, 0.1) is 18.8 Å². The van der Waals surface area contributed by atoms with Crippen molar-refractivity contribution in [3.8, 4) is 11.5 Å². The van der Waals surface area contributed by atoms with Crippen LogP contribution in [0.4, 0.5) is 0 Å². The van der Waals surface area contributed by atoms with Crippen LogP contribution in [0.15, 0.2) is 45.6 Å². The van der Waals surface area contributed by atoms with Crippen LogP contribution in [-0.4, -0.2) is 23.0 Å². The van der Waals surface area contributed by atoms with Crippen molar-refractivity contribution in [2.75, 3.05) is 7.05 Å². The Morgan fingerprint density at radius 2 is 1.83 bits per heavy atom. The molecule has 194 valence electrons. The second kappa shape index (κ2) is 12.2. The van der Waals surface area contributed by atoms with Crippen molar-refractivity contribution >= 4 is 16.8 Å². The fourth-order valence-corrected chi connectivity index (χ4v) is 4.99. The molecule has 3 unspecified atom stereocenters. The number of phenolic OH excluding ortho intramolecular Hbond substituents is 2. The third kappa shape index (κ3) is 6.16. The first-order chi connectivity index (χ1) is 17.2. The van der Waals surface area contributed by atoms with Gasteiger partial charge in [-0.3, -0.25) is 4.79 Å². The molecule has 0 fully saturated rings. The van der Waals surface area contributed by atoms with Crippen LogP contribution in [0.5, 0.6) is 11.5 Å². The number of nitrogens with one attached hydrogen (secondary N) is 1. The molecule has 0 aliphatic rings. The minimum Gasteiger partial charge on any atom is -0.504 e. The highest BCUT2D eigenvalue weighted by atomic mass is 16.4. The third-order valence-electron chi connectivity index (χ3n) is 7.53. The molecular formula is C30H39NO5. The molecule has 0 bridgehead atoms. The maximum absolute atomic E-state index is 13.2. The number of Topliss-reactive ketones (excluding diaryl/α,β-unsaturated/α-hetero) is 1. The van der Waals surface area contributed by atoms with Gasteiger partial charge < -0.3 is 19.9 Å². The summed E-state index contributed by atoms with van der Waals surface area (Å²) in [5.74, 6) is -0.396. The lowest BCUT2D eigenvalue weighted by Crippen LogP contribution is -2.24. The molecule has 3 N–H and O–H groups in total. The molecule has 3 atom stereocenters. The quantitative estimate of drug-likeness (QED) is 0.212. The van der Waals surface area contributed by atoms with Crippen molar-refractivity contribution in [1.82, 2.24) is 5.32 Å². The van der Waals surface area contributed by atoms with Crippen molar-refractivity contribution in [1.29, 1.82) is 0 Å². The lowest BCUT2D eigenvalue weighted by atomic mass is 9.81. The predicted octanol–water partition coefficient (Wildman–Crippen LogP) is 5.98. The first-order valence-electron chi connectivity index (χ1n) is 12.9. The van der Waals surface area contributed by atoms with Crippen LogP contribution in [-0.2, 0) is 17.8 Å². The summed E-state index contributed by atoms with van der Waals surface area (Å²) in [5.41, 5.74) is 2.82. The lowest BCUT2D eigenvalue weighted by Gasteiger charge is -2.23. The molecule has 6 nitrogen and oxygen atoms in total. The zero-order valence-corrected chi connectivity index (χ0v) is 22.1. The Morgan fingerprint density at radius 3 is 2.53 bits per heavy atom. The fraction of sp³-hybridized carbons (Fsp3) is 0.467. The minimum absolute atomic E-state index is 0.00306. The number of ketones is 1. The number of rotatable bonds is 12. The van der Waals surface area contributed by atoms with Gasteiger partial charge in [0.15, 0.2) is 11.3 Å². The van der Waals surface area contributed by atoms with Crippen LogP contribution >= 0.6 is 0 Å². The summed E-state index contributed by atoms with van der Waals surface area (Å²) in [6, 6.07) is 11.7. The van der Waals surface area contributed by atoms with E-state index in [1.807, 2.05) is 14.0 Å². The number of hydrogen-bond donors (Lipinski definition) is 3. The molecule has 6 heteroatoms. The van der Waals surface area contributed by atoms with Gasteiger partial charge in [-0.25, -0.2) is 4.79 Å². The van der Waals surface area contributed by atoms with Crippen molar-refractivity contribution < 1.29 is 19.4 Å². The highest BCUT2D eigenvalue weighted by molar-refractivity contribution is 5.90. The van der Waals surface area contributed by atoms with E-state index in [4.69, 9.17) is 4.42 Å². The molecule has 3 aromatic rings.